The summed E-state index contributed by atoms with van der Waals surface area (Å²) in [6.07, 6.45) is 3.86. The van der Waals surface area contributed by atoms with Crippen molar-refractivity contribution in [2.75, 3.05) is 14.2 Å². The number of ether oxygens (including phenoxy) is 2. The Morgan fingerprint density at radius 1 is 1.21 bits per heavy atom. The van der Waals surface area contributed by atoms with Gasteiger partial charge in [-0.25, -0.2) is 0 Å². The maximum atomic E-state index is 5.36. The first-order chi connectivity index (χ1) is 9.22. The van der Waals surface area contributed by atoms with Crippen LogP contribution in [0.4, 0.5) is 0 Å². The van der Waals surface area contributed by atoms with Gasteiger partial charge in [0, 0.05) is 43.5 Å². The van der Waals surface area contributed by atoms with Gasteiger partial charge < -0.3 is 14.8 Å². The lowest BCUT2D eigenvalue weighted by Crippen LogP contribution is -2.13. The summed E-state index contributed by atoms with van der Waals surface area (Å²) in [5.74, 6) is 1.63. The summed E-state index contributed by atoms with van der Waals surface area (Å²) in [6.45, 7) is 1.52. The molecule has 0 aliphatic carbocycles. The highest BCUT2D eigenvalue weighted by Crippen LogP contribution is 2.24. The molecule has 0 bridgehead atoms. The van der Waals surface area contributed by atoms with Gasteiger partial charge in [0.25, 0.3) is 0 Å². The molecule has 0 saturated heterocycles. The molecule has 0 unspecified atom stereocenters. The fourth-order valence-electron chi connectivity index (χ4n) is 1.90. The molecule has 0 saturated carbocycles. The Balaban J connectivity index is 1.95. The average molecular weight is 261 g/mol. The van der Waals surface area contributed by atoms with Crippen LogP contribution in [0.1, 0.15) is 11.1 Å². The minimum Gasteiger partial charge on any atom is -0.497 e. The summed E-state index contributed by atoms with van der Waals surface area (Å²) < 4.78 is 12.3. The highest BCUT2D eigenvalue weighted by molar-refractivity contribution is 5.40. The van der Waals surface area contributed by atoms with E-state index in [-0.39, 0.29) is 0 Å². The molecule has 0 atom stereocenters. The Bertz CT molecular complexity index is 537. The normalized spacial score (nSPS) is 10.5. The van der Waals surface area contributed by atoms with Gasteiger partial charge in [0.15, 0.2) is 0 Å². The number of aryl methyl sites for hydroxylation is 1. The predicted octanol–water partition coefficient (Wildman–Crippen LogP) is 1.73. The summed E-state index contributed by atoms with van der Waals surface area (Å²) in [6, 6.07) is 5.83. The molecule has 0 fully saturated rings. The van der Waals surface area contributed by atoms with E-state index < -0.39 is 0 Å². The Hall–Kier alpha value is -2.01. The predicted molar refractivity (Wildman–Crippen MR) is 73.3 cm³/mol. The van der Waals surface area contributed by atoms with Crippen LogP contribution < -0.4 is 14.8 Å². The zero-order valence-corrected chi connectivity index (χ0v) is 11.5. The number of benzene rings is 1. The van der Waals surface area contributed by atoms with E-state index in [2.05, 4.69) is 10.4 Å². The fourth-order valence-corrected chi connectivity index (χ4v) is 1.90. The Kier molecular flexibility index (Phi) is 4.41. The lowest BCUT2D eigenvalue weighted by atomic mass is 10.2. The fraction of sp³-hybridized carbons (Fsp3) is 0.357. The van der Waals surface area contributed by atoms with Gasteiger partial charge in [-0.1, -0.05) is 6.07 Å². The van der Waals surface area contributed by atoms with Crippen LogP contribution in [0, 0.1) is 0 Å². The first-order valence-corrected chi connectivity index (χ1v) is 6.12. The standard InChI is InChI=1S/C14H19N3O2/c1-17-10-11(8-16-17)7-15-9-12-4-5-13(18-2)6-14(12)19-3/h4-6,8,10,15H,7,9H2,1-3H3. The van der Waals surface area contributed by atoms with Crippen molar-refractivity contribution >= 4 is 0 Å². The van der Waals surface area contributed by atoms with Crippen molar-refractivity contribution in [1.29, 1.82) is 0 Å². The summed E-state index contributed by atoms with van der Waals surface area (Å²) >= 11 is 0. The molecule has 1 heterocycles. The van der Waals surface area contributed by atoms with E-state index in [4.69, 9.17) is 9.47 Å². The number of hydrogen-bond donors (Lipinski definition) is 1. The van der Waals surface area contributed by atoms with E-state index in [9.17, 15) is 0 Å². The lowest BCUT2D eigenvalue weighted by Gasteiger charge is -2.10. The number of nitrogens with one attached hydrogen (secondary N) is 1. The second kappa shape index (κ2) is 6.24. The van der Waals surface area contributed by atoms with Crippen molar-refractivity contribution in [2.24, 2.45) is 7.05 Å². The number of rotatable bonds is 6. The van der Waals surface area contributed by atoms with Crippen LogP contribution in [0.25, 0.3) is 0 Å². The number of hydrogen-bond acceptors (Lipinski definition) is 4. The van der Waals surface area contributed by atoms with Gasteiger partial charge in [-0.05, 0) is 6.07 Å². The van der Waals surface area contributed by atoms with Crippen molar-refractivity contribution in [3.8, 4) is 11.5 Å². The molecule has 0 aliphatic rings. The third kappa shape index (κ3) is 3.48. The molecular weight excluding hydrogens is 242 g/mol. The van der Waals surface area contributed by atoms with Gasteiger partial charge in [-0.15, -0.1) is 0 Å². The summed E-state index contributed by atoms with van der Waals surface area (Å²) in [7, 11) is 5.23. The van der Waals surface area contributed by atoms with Gasteiger partial charge in [0.05, 0.1) is 20.4 Å². The topological polar surface area (TPSA) is 48.3 Å². The molecule has 1 N–H and O–H groups in total. The van der Waals surface area contributed by atoms with Crippen LogP contribution in [0.5, 0.6) is 11.5 Å². The third-order valence-electron chi connectivity index (χ3n) is 2.90. The summed E-state index contributed by atoms with van der Waals surface area (Å²) in [4.78, 5) is 0. The minimum absolute atomic E-state index is 0.738. The molecule has 0 aliphatic heterocycles. The second-order valence-corrected chi connectivity index (χ2v) is 4.30. The molecule has 1 aromatic carbocycles. The minimum atomic E-state index is 0.738. The van der Waals surface area contributed by atoms with E-state index in [0.717, 1.165) is 35.7 Å². The highest BCUT2D eigenvalue weighted by Gasteiger charge is 2.05. The Morgan fingerprint density at radius 2 is 2.05 bits per heavy atom. The monoisotopic (exact) mass is 261 g/mol. The zero-order valence-electron chi connectivity index (χ0n) is 11.5. The SMILES string of the molecule is COc1ccc(CNCc2cnn(C)c2)c(OC)c1. The zero-order chi connectivity index (χ0) is 13.7. The van der Waals surface area contributed by atoms with E-state index >= 15 is 0 Å². The molecule has 5 nitrogen and oxygen atoms in total. The van der Waals surface area contributed by atoms with Crippen molar-refractivity contribution < 1.29 is 9.47 Å². The number of nitrogens with zero attached hydrogens (tertiary/aromatic N) is 2. The molecule has 2 rings (SSSR count). The first kappa shape index (κ1) is 13.4. The number of aromatic nitrogens is 2. The molecule has 1 aromatic heterocycles. The molecule has 2 aromatic rings. The van der Waals surface area contributed by atoms with Gasteiger partial charge >= 0.3 is 0 Å². The third-order valence-corrected chi connectivity index (χ3v) is 2.90. The van der Waals surface area contributed by atoms with Crippen LogP contribution >= 0.6 is 0 Å². The van der Waals surface area contributed by atoms with Crippen molar-refractivity contribution in [1.82, 2.24) is 15.1 Å². The van der Waals surface area contributed by atoms with Crippen LogP contribution in [-0.2, 0) is 20.1 Å². The first-order valence-electron chi connectivity index (χ1n) is 6.12. The van der Waals surface area contributed by atoms with Crippen molar-refractivity contribution in [2.45, 2.75) is 13.1 Å². The number of methoxy groups -OCH3 is 2. The lowest BCUT2D eigenvalue weighted by molar-refractivity contribution is 0.390. The largest absolute Gasteiger partial charge is 0.497 e. The molecular formula is C14H19N3O2. The molecule has 0 spiro atoms. The Morgan fingerprint density at radius 3 is 2.68 bits per heavy atom. The van der Waals surface area contributed by atoms with Crippen LogP contribution in [-0.4, -0.2) is 24.0 Å². The van der Waals surface area contributed by atoms with Gasteiger partial charge in [0.1, 0.15) is 11.5 Å². The molecule has 102 valence electrons. The maximum Gasteiger partial charge on any atom is 0.127 e. The van der Waals surface area contributed by atoms with Crippen molar-refractivity contribution in [3.05, 3.63) is 41.7 Å². The van der Waals surface area contributed by atoms with Crippen LogP contribution in [0.3, 0.4) is 0 Å². The van der Waals surface area contributed by atoms with Gasteiger partial charge in [-0.2, -0.15) is 5.10 Å². The van der Waals surface area contributed by atoms with E-state index in [1.165, 1.54) is 0 Å². The highest BCUT2D eigenvalue weighted by atomic mass is 16.5. The average Bonchev–Trinajstić information content (AvgIpc) is 2.84. The van der Waals surface area contributed by atoms with E-state index in [0.29, 0.717) is 0 Å². The summed E-state index contributed by atoms with van der Waals surface area (Å²) in [5, 5.41) is 7.50. The Labute approximate surface area is 113 Å². The van der Waals surface area contributed by atoms with Crippen LogP contribution in [0.15, 0.2) is 30.6 Å². The molecule has 0 amide bonds. The van der Waals surface area contributed by atoms with Crippen LogP contribution in [0.2, 0.25) is 0 Å². The molecule has 0 radical (unpaired) electrons. The maximum absolute atomic E-state index is 5.36. The summed E-state index contributed by atoms with van der Waals surface area (Å²) in [5.41, 5.74) is 2.27. The van der Waals surface area contributed by atoms with Crippen molar-refractivity contribution in [3.63, 3.8) is 0 Å². The van der Waals surface area contributed by atoms with E-state index in [1.807, 2.05) is 37.6 Å². The van der Waals surface area contributed by atoms with E-state index in [1.54, 1.807) is 18.9 Å². The smallest absolute Gasteiger partial charge is 0.127 e. The quantitative estimate of drug-likeness (QED) is 0.860. The second-order valence-electron chi connectivity index (χ2n) is 4.30. The van der Waals surface area contributed by atoms with Gasteiger partial charge in [-0.3, -0.25) is 4.68 Å². The van der Waals surface area contributed by atoms with Gasteiger partial charge in [0.2, 0.25) is 0 Å². The molecule has 5 heteroatoms. The molecule has 19 heavy (non-hydrogen) atoms.